The highest BCUT2D eigenvalue weighted by molar-refractivity contribution is 5.79. The molecule has 0 radical (unpaired) electrons. The van der Waals surface area contributed by atoms with E-state index in [0.29, 0.717) is 25.0 Å². The zero-order chi connectivity index (χ0) is 26.5. The molecule has 0 spiro atoms. The van der Waals surface area contributed by atoms with Gasteiger partial charge in [0.1, 0.15) is 11.2 Å². The van der Waals surface area contributed by atoms with E-state index >= 15 is 0 Å². The quantitative estimate of drug-likeness (QED) is 0.510. The van der Waals surface area contributed by atoms with E-state index in [2.05, 4.69) is 9.80 Å². The maximum Gasteiger partial charge on any atom is 0.410 e. The second-order valence-corrected chi connectivity index (χ2v) is 12.6. The summed E-state index contributed by atoms with van der Waals surface area (Å²) in [6.07, 6.45) is 4.67. The Bertz CT molecular complexity index is 759. The van der Waals surface area contributed by atoms with Crippen LogP contribution in [0.5, 0.6) is 0 Å². The van der Waals surface area contributed by atoms with Crippen molar-refractivity contribution in [2.45, 2.75) is 90.9 Å². The Morgan fingerprint density at radius 2 is 1.44 bits per heavy atom. The van der Waals surface area contributed by atoms with Gasteiger partial charge in [0, 0.05) is 51.9 Å². The number of piperazine rings is 1. The summed E-state index contributed by atoms with van der Waals surface area (Å²) in [7, 11) is 0. The first kappa shape index (κ1) is 28.7. The van der Waals surface area contributed by atoms with E-state index in [1.54, 1.807) is 0 Å². The lowest BCUT2D eigenvalue weighted by Gasteiger charge is -2.42. The van der Waals surface area contributed by atoms with Gasteiger partial charge in [-0.3, -0.25) is 19.4 Å². The number of rotatable bonds is 6. The molecule has 0 aliphatic carbocycles. The molecule has 0 N–H and O–H groups in total. The molecule has 0 aromatic carbocycles. The van der Waals surface area contributed by atoms with Crippen molar-refractivity contribution in [2.24, 2.45) is 5.92 Å². The summed E-state index contributed by atoms with van der Waals surface area (Å²) in [5.74, 6) is 0.604. The highest BCUT2D eigenvalue weighted by Crippen LogP contribution is 2.24. The molecule has 3 aliphatic heterocycles. The third kappa shape index (κ3) is 9.21. The van der Waals surface area contributed by atoms with Crippen molar-refractivity contribution in [3.8, 4) is 0 Å². The molecule has 0 aromatic rings. The zero-order valence-corrected chi connectivity index (χ0v) is 23.4. The number of piperidine rings is 2. The summed E-state index contributed by atoms with van der Waals surface area (Å²) in [6, 6.07) is 0.406. The van der Waals surface area contributed by atoms with Crippen LogP contribution in [-0.4, -0.2) is 114 Å². The average molecular weight is 509 g/mol. The van der Waals surface area contributed by atoms with Gasteiger partial charge in [-0.1, -0.05) is 0 Å². The van der Waals surface area contributed by atoms with Gasteiger partial charge in [-0.25, -0.2) is 4.79 Å². The van der Waals surface area contributed by atoms with Gasteiger partial charge >= 0.3 is 12.1 Å². The number of ether oxygens (including phenoxy) is 2. The van der Waals surface area contributed by atoms with Gasteiger partial charge in [-0.05, 0) is 79.6 Å². The summed E-state index contributed by atoms with van der Waals surface area (Å²) in [4.78, 5) is 45.6. The molecule has 3 fully saturated rings. The molecule has 206 valence electrons. The van der Waals surface area contributed by atoms with E-state index in [1.807, 2.05) is 51.3 Å². The van der Waals surface area contributed by atoms with Crippen LogP contribution in [0.25, 0.3) is 0 Å². The maximum atomic E-state index is 12.9. The van der Waals surface area contributed by atoms with Gasteiger partial charge in [0.25, 0.3) is 0 Å². The van der Waals surface area contributed by atoms with Crippen LogP contribution in [0, 0.1) is 5.92 Å². The van der Waals surface area contributed by atoms with E-state index in [4.69, 9.17) is 9.47 Å². The molecule has 3 heterocycles. The Morgan fingerprint density at radius 1 is 0.833 bits per heavy atom. The van der Waals surface area contributed by atoms with Crippen LogP contribution in [0.4, 0.5) is 4.79 Å². The Balaban J connectivity index is 1.32. The minimum atomic E-state index is -0.465. The summed E-state index contributed by atoms with van der Waals surface area (Å²) in [5, 5.41) is 0. The lowest BCUT2D eigenvalue weighted by Crippen LogP contribution is -2.56. The van der Waals surface area contributed by atoms with E-state index in [0.717, 1.165) is 77.9 Å². The van der Waals surface area contributed by atoms with Crippen LogP contribution in [-0.2, 0) is 19.1 Å². The monoisotopic (exact) mass is 508 g/mol. The van der Waals surface area contributed by atoms with E-state index in [9.17, 15) is 14.4 Å². The summed E-state index contributed by atoms with van der Waals surface area (Å²) in [6.45, 7) is 17.9. The molecule has 3 saturated heterocycles. The lowest BCUT2D eigenvalue weighted by molar-refractivity contribution is -0.156. The number of likely N-dealkylation sites (tertiary alicyclic amines) is 2. The molecule has 36 heavy (non-hydrogen) atoms. The summed E-state index contributed by atoms with van der Waals surface area (Å²) >= 11 is 0. The first-order valence-electron chi connectivity index (χ1n) is 13.7. The molecule has 0 saturated carbocycles. The Hall–Kier alpha value is -1.87. The molecule has 0 bridgehead atoms. The molecule has 2 amide bonds. The molecule has 3 rings (SSSR count). The first-order chi connectivity index (χ1) is 16.8. The van der Waals surface area contributed by atoms with Gasteiger partial charge in [0.2, 0.25) is 5.91 Å². The van der Waals surface area contributed by atoms with Gasteiger partial charge in [0.05, 0.1) is 13.1 Å². The third-order valence-corrected chi connectivity index (χ3v) is 7.27. The predicted octanol–water partition coefficient (Wildman–Crippen LogP) is 2.97. The van der Waals surface area contributed by atoms with Crippen molar-refractivity contribution in [2.75, 3.05) is 58.9 Å². The predicted molar refractivity (Wildman–Crippen MR) is 139 cm³/mol. The largest absolute Gasteiger partial charge is 0.459 e. The SMILES string of the molecule is CC(C)(C)OC(=O)CN1CCC(N2CCN(CCC3CCN(C(=O)OC(C)(C)C)CC3)C(=O)C2)CC1. The number of nitrogens with zero attached hydrogens (tertiary/aromatic N) is 4. The fourth-order valence-electron chi connectivity index (χ4n) is 5.34. The van der Waals surface area contributed by atoms with Gasteiger partial charge < -0.3 is 19.3 Å². The normalized spacial score (nSPS) is 22.1. The van der Waals surface area contributed by atoms with Gasteiger partial charge in [0.15, 0.2) is 0 Å². The maximum absolute atomic E-state index is 12.9. The smallest absolute Gasteiger partial charge is 0.410 e. The summed E-state index contributed by atoms with van der Waals surface area (Å²) < 4.78 is 10.9. The van der Waals surface area contributed by atoms with Crippen molar-refractivity contribution >= 4 is 18.0 Å². The van der Waals surface area contributed by atoms with Crippen LogP contribution in [0.15, 0.2) is 0 Å². The Morgan fingerprint density at radius 3 is 2.00 bits per heavy atom. The Kier molecular flexibility index (Phi) is 9.66. The third-order valence-electron chi connectivity index (χ3n) is 7.27. The van der Waals surface area contributed by atoms with Gasteiger partial charge in [-0.15, -0.1) is 0 Å². The van der Waals surface area contributed by atoms with Crippen LogP contribution < -0.4 is 0 Å². The highest BCUT2D eigenvalue weighted by Gasteiger charge is 2.33. The molecule has 0 unspecified atom stereocenters. The van der Waals surface area contributed by atoms with Crippen LogP contribution >= 0.6 is 0 Å². The topological polar surface area (TPSA) is 82.6 Å². The minimum absolute atomic E-state index is 0.166. The molecule has 0 atom stereocenters. The van der Waals surface area contributed by atoms with Crippen LogP contribution in [0.1, 0.15) is 73.6 Å². The standard InChI is InChI=1S/C27H48N4O5/c1-26(2,3)35-24(33)20-28-12-10-22(11-13-28)31-18-17-29(23(32)19-31)14-7-21-8-15-30(16-9-21)25(34)36-27(4,5)6/h21-22H,7-20H2,1-6H3. The number of amides is 2. The molecular formula is C27H48N4O5. The van der Waals surface area contributed by atoms with Crippen molar-refractivity contribution in [1.82, 2.24) is 19.6 Å². The number of carbonyl (C=O) groups excluding carboxylic acids is 3. The number of carbonyl (C=O) groups is 3. The fraction of sp³-hybridized carbons (Fsp3) is 0.889. The second kappa shape index (κ2) is 12.1. The number of esters is 1. The lowest BCUT2D eigenvalue weighted by atomic mass is 9.93. The van der Waals surface area contributed by atoms with Crippen molar-refractivity contribution in [1.29, 1.82) is 0 Å². The minimum Gasteiger partial charge on any atom is -0.459 e. The average Bonchev–Trinajstić information content (AvgIpc) is 2.76. The number of hydrogen-bond donors (Lipinski definition) is 0. The highest BCUT2D eigenvalue weighted by atomic mass is 16.6. The molecule has 0 aromatic heterocycles. The molecule has 3 aliphatic rings. The zero-order valence-electron chi connectivity index (χ0n) is 23.4. The molecular weight excluding hydrogens is 460 g/mol. The Labute approximate surface area is 217 Å². The van der Waals surface area contributed by atoms with Gasteiger partial charge in [-0.2, -0.15) is 0 Å². The van der Waals surface area contributed by atoms with Crippen LogP contribution in [0.2, 0.25) is 0 Å². The fourth-order valence-corrected chi connectivity index (χ4v) is 5.34. The summed E-state index contributed by atoms with van der Waals surface area (Å²) in [5.41, 5.74) is -0.916. The first-order valence-corrected chi connectivity index (χ1v) is 13.7. The number of hydrogen-bond acceptors (Lipinski definition) is 7. The van der Waals surface area contributed by atoms with Crippen molar-refractivity contribution in [3.63, 3.8) is 0 Å². The van der Waals surface area contributed by atoms with E-state index in [1.165, 1.54) is 0 Å². The van der Waals surface area contributed by atoms with E-state index in [-0.39, 0.29) is 18.0 Å². The van der Waals surface area contributed by atoms with E-state index < -0.39 is 11.2 Å². The van der Waals surface area contributed by atoms with Crippen molar-refractivity contribution in [3.05, 3.63) is 0 Å². The molecule has 9 nitrogen and oxygen atoms in total. The molecule has 9 heteroatoms. The van der Waals surface area contributed by atoms with Crippen LogP contribution in [0.3, 0.4) is 0 Å². The van der Waals surface area contributed by atoms with Crippen molar-refractivity contribution < 1.29 is 23.9 Å². The second-order valence-electron chi connectivity index (χ2n) is 12.6.